The number of nitrogens with one attached hydrogen (secondary N) is 3. The van der Waals surface area contributed by atoms with E-state index in [0.29, 0.717) is 22.7 Å². The Morgan fingerprint density at radius 1 is 1.24 bits per heavy atom. The largest absolute Gasteiger partial charge is 0.479 e. The van der Waals surface area contributed by atoms with Gasteiger partial charge in [-0.05, 0) is 37.3 Å². The lowest BCUT2D eigenvalue weighted by Crippen LogP contribution is -2.34. The van der Waals surface area contributed by atoms with Crippen molar-refractivity contribution in [1.82, 2.24) is 4.72 Å². The van der Waals surface area contributed by atoms with Gasteiger partial charge in [0.1, 0.15) is 11.6 Å². The SMILES string of the molecule is C[C@@H]1Oc2ccc(NC(=O)CCN=C3NS(=O)(=O)c4ccccc43)cc2NC1=O. The molecule has 9 nitrogen and oxygen atoms in total. The van der Waals surface area contributed by atoms with E-state index in [1.54, 1.807) is 43.3 Å². The summed E-state index contributed by atoms with van der Waals surface area (Å²) in [4.78, 5) is 28.3. The number of benzene rings is 2. The number of sulfonamides is 1. The first-order valence-corrected chi connectivity index (χ1v) is 10.4. The highest BCUT2D eigenvalue weighted by Crippen LogP contribution is 2.32. The van der Waals surface area contributed by atoms with E-state index in [9.17, 15) is 18.0 Å². The van der Waals surface area contributed by atoms with Gasteiger partial charge in [-0.2, -0.15) is 0 Å². The molecule has 0 aromatic heterocycles. The van der Waals surface area contributed by atoms with Gasteiger partial charge in [-0.15, -0.1) is 0 Å². The third-order valence-electron chi connectivity index (χ3n) is 4.47. The number of aliphatic imine (C=N–C) groups is 1. The molecule has 2 aromatic rings. The number of amidine groups is 1. The van der Waals surface area contributed by atoms with Crippen LogP contribution in [0.3, 0.4) is 0 Å². The van der Waals surface area contributed by atoms with Gasteiger partial charge in [0.15, 0.2) is 6.10 Å². The standard InChI is InChI=1S/C19H18N4O5S/c1-11-19(25)22-14-10-12(6-7-15(14)28-11)21-17(24)8-9-20-18-13-4-2-3-5-16(13)29(26,27)23-18/h2-7,10-11H,8-9H2,1H3,(H,20,23)(H,21,24)(H,22,25)/t11-/m0/s1. The molecule has 0 saturated carbocycles. The maximum absolute atomic E-state index is 12.2. The summed E-state index contributed by atoms with van der Waals surface area (Å²) in [5, 5.41) is 5.44. The predicted molar refractivity (Wildman–Crippen MR) is 107 cm³/mol. The molecule has 0 aliphatic carbocycles. The van der Waals surface area contributed by atoms with Crippen LogP contribution in [-0.4, -0.2) is 38.7 Å². The second kappa shape index (κ2) is 7.21. The second-order valence-electron chi connectivity index (χ2n) is 6.59. The third-order valence-corrected chi connectivity index (χ3v) is 5.86. The van der Waals surface area contributed by atoms with E-state index in [4.69, 9.17) is 4.74 Å². The summed E-state index contributed by atoms with van der Waals surface area (Å²) >= 11 is 0. The summed E-state index contributed by atoms with van der Waals surface area (Å²) in [6.45, 7) is 1.76. The number of ether oxygens (including phenoxy) is 1. The summed E-state index contributed by atoms with van der Waals surface area (Å²) in [7, 11) is -3.60. The van der Waals surface area contributed by atoms with Gasteiger partial charge in [0.2, 0.25) is 5.91 Å². The molecular weight excluding hydrogens is 396 g/mol. The Kier molecular flexibility index (Phi) is 4.71. The molecule has 0 saturated heterocycles. The normalized spacial score (nSPS) is 20.1. The molecule has 1 atom stereocenters. The Bertz CT molecular complexity index is 1140. The maximum Gasteiger partial charge on any atom is 0.265 e. The molecule has 4 rings (SSSR count). The first kappa shape index (κ1) is 18.9. The van der Waals surface area contributed by atoms with Gasteiger partial charge in [-0.1, -0.05) is 12.1 Å². The van der Waals surface area contributed by atoms with Crippen molar-refractivity contribution in [2.45, 2.75) is 24.3 Å². The monoisotopic (exact) mass is 414 g/mol. The van der Waals surface area contributed by atoms with Crippen LogP contribution >= 0.6 is 0 Å². The molecule has 2 aromatic carbocycles. The predicted octanol–water partition coefficient (Wildman–Crippen LogP) is 1.47. The summed E-state index contributed by atoms with van der Waals surface area (Å²) in [6, 6.07) is 11.5. The highest BCUT2D eigenvalue weighted by atomic mass is 32.2. The van der Waals surface area contributed by atoms with E-state index in [1.807, 2.05) is 0 Å². The highest BCUT2D eigenvalue weighted by molar-refractivity contribution is 7.90. The van der Waals surface area contributed by atoms with Crippen molar-refractivity contribution in [3.05, 3.63) is 48.0 Å². The molecule has 3 N–H and O–H groups in total. The number of amides is 2. The van der Waals surface area contributed by atoms with Gasteiger partial charge in [-0.3, -0.25) is 19.3 Å². The van der Waals surface area contributed by atoms with Crippen molar-refractivity contribution >= 4 is 39.0 Å². The lowest BCUT2D eigenvalue weighted by atomic mass is 10.2. The molecule has 0 fully saturated rings. The smallest absolute Gasteiger partial charge is 0.265 e. The number of anilines is 2. The maximum atomic E-state index is 12.2. The van der Waals surface area contributed by atoms with E-state index in [1.165, 1.54) is 6.07 Å². The fraction of sp³-hybridized carbons (Fsp3) is 0.211. The Labute approximate surface area is 167 Å². The van der Waals surface area contributed by atoms with Crippen LogP contribution in [0.15, 0.2) is 52.4 Å². The molecule has 0 bridgehead atoms. The van der Waals surface area contributed by atoms with Crippen molar-refractivity contribution in [2.75, 3.05) is 17.2 Å². The summed E-state index contributed by atoms with van der Waals surface area (Å²) in [6.07, 6.45) is -0.509. The molecule has 0 unspecified atom stereocenters. The fourth-order valence-electron chi connectivity index (χ4n) is 3.03. The molecule has 2 aliphatic rings. The van der Waals surface area contributed by atoms with E-state index in [0.717, 1.165) is 0 Å². The van der Waals surface area contributed by atoms with Crippen LogP contribution in [0.2, 0.25) is 0 Å². The minimum absolute atomic E-state index is 0.0599. The fourth-order valence-corrected chi connectivity index (χ4v) is 4.28. The molecule has 2 amide bonds. The van der Waals surface area contributed by atoms with Gasteiger partial charge >= 0.3 is 0 Å². The Morgan fingerprint density at radius 2 is 2.03 bits per heavy atom. The number of carbonyl (C=O) groups excluding carboxylic acids is 2. The summed E-state index contributed by atoms with van der Waals surface area (Å²) < 4.78 is 32.0. The van der Waals surface area contributed by atoms with Crippen LogP contribution in [0.4, 0.5) is 11.4 Å². The van der Waals surface area contributed by atoms with Gasteiger partial charge in [0.25, 0.3) is 15.9 Å². The molecule has 0 radical (unpaired) electrons. The van der Waals surface area contributed by atoms with Crippen LogP contribution in [0.25, 0.3) is 0 Å². The molecule has 2 aliphatic heterocycles. The number of nitrogens with zero attached hydrogens (tertiary/aromatic N) is 1. The van der Waals surface area contributed by atoms with Crippen molar-refractivity contribution in [3.63, 3.8) is 0 Å². The van der Waals surface area contributed by atoms with Crippen molar-refractivity contribution in [1.29, 1.82) is 0 Å². The topological polar surface area (TPSA) is 126 Å². The molecule has 29 heavy (non-hydrogen) atoms. The first-order chi connectivity index (χ1) is 13.8. The zero-order valence-electron chi connectivity index (χ0n) is 15.4. The van der Waals surface area contributed by atoms with Crippen LogP contribution in [0.5, 0.6) is 5.75 Å². The Morgan fingerprint density at radius 3 is 2.86 bits per heavy atom. The number of hydrogen-bond acceptors (Lipinski definition) is 6. The van der Waals surface area contributed by atoms with Gasteiger partial charge < -0.3 is 15.4 Å². The van der Waals surface area contributed by atoms with E-state index in [2.05, 4.69) is 20.3 Å². The van der Waals surface area contributed by atoms with Gasteiger partial charge in [-0.25, -0.2) is 8.42 Å². The molecular formula is C19H18N4O5S. The number of fused-ring (bicyclic) bond motifs is 2. The molecule has 150 valence electrons. The third kappa shape index (κ3) is 3.79. The molecule has 2 heterocycles. The van der Waals surface area contributed by atoms with E-state index >= 15 is 0 Å². The quantitative estimate of drug-likeness (QED) is 0.699. The van der Waals surface area contributed by atoms with Crippen LogP contribution in [0.1, 0.15) is 18.9 Å². The minimum Gasteiger partial charge on any atom is -0.479 e. The molecule has 0 spiro atoms. The Hall–Kier alpha value is -3.40. The van der Waals surface area contributed by atoms with Crippen molar-refractivity contribution in [2.24, 2.45) is 4.99 Å². The zero-order valence-corrected chi connectivity index (χ0v) is 16.2. The van der Waals surface area contributed by atoms with Crippen molar-refractivity contribution in [3.8, 4) is 5.75 Å². The van der Waals surface area contributed by atoms with Crippen LogP contribution in [-0.2, 0) is 19.6 Å². The average molecular weight is 414 g/mol. The van der Waals surface area contributed by atoms with E-state index in [-0.39, 0.29) is 35.5 Å². The minimum atomic E-state index is -3.60. The zero-order chi connectivity index (χ0) is 20.6. The number of carbonyl (C=O) groups is 2. The Balaban J connectivity index is 1.39. The molecule has 10 heteroatoms. The lowest BCUT2D eigenvalue weighted by Gasteiger charge is -2.23. The highest BCUT2D eigenvalue weighted by Gasteiger charge is 2.30. The van der Waals surface area contributed by atoms with E-state index < -0.39 is 16.1 Å². The number of hydrogen-bond donors (Lipinski definition) is 3. The van der Waals surface area contributed by atoms with Gasteiger partial charge in [0.05, 0.1) is 17.1 Å². The van der Waals surface area contributed by atoms with Crippen molar-refractivity contribution < 1.29 is 22.7 Å². The average Bonchev–Trinajstić information content (AvgIpc) is 2.94. The van der Waals surface area contributed by atoms with Crippen LogP contribution in [0, 0.1) is 0 Å². The lowest BCUT2D eigenvalue weighted by molar-refractivity contribution is -0.122. The first-order valence-electron chi connectivity index (χ1n) is 8.91. The number of rotatable bonds is 4. The van der Waals surface area contributed by atoms with Gasteiger partial charge in [0, 0.05) is 17.7 Å². The second-order valence-corrected chi connectivity index (χ2v) is 8.24. The summed E-state index contributed by atoms with van der Waals surface area (Å²) in [5.41, 5.74) is 1.49. The van der Waals surface area contributed by atoms with Crippen LogP contribution < -0.4 is 20.1 Å². The summed E-state index contributed by atoms with van der Waals surface area (Å²) in [5.74, 6) is 0.223.